The molecule has 0 saturated heterocycles. The SMILES string of the molecule is Cc1ccc2nc(Sc3ccc4nnnn4n3)[nH]c2c1. The summed E-state index contributed by atoms with van der Waals surface area (Å²) in [6.45, 7) is 2.06. The normalized spacial score (nSPS) is 11.4. The van der Waals surface area contributed by atoms with Crippen LogP contribution < -0.4 is 0 Å². The van der Waals surface area contributed by atoms with Gasteiger partial charge in [-0.25, -0.2) is 4.98 Å². The van der Waals surface area contributed by atoms with Gasteiger partial charge >= 0.3 is 0 Å². The predicted octanol–water partition coefficient (Wildman–Crippen LogP) is 1.86. The topological polar surface area (TPSA) is 84.7 Å². The van der Waals surface area contributed by atoms with E-state index in [4.69, 9.17) is 0 Å². The Hall–Kier alpha value is -2.48. The lowest BCUT2D eigenvalue weighted by Crippen LogP contribution is -1.95. The number of fused-ring (bicyclic) bond motifs is 2. The van der Waals surface area contributed by atoms with Crippen LogP contribution in [-0.4, -0.2) is 35.2 Å². The molecule has 0 aliphatic carbocycles. The molecule has 4 rings (SSSR count). The molecule has 0 saturated carbocycles. The lowest BCUT2D eigenvalue weighted by atomic mass is 10.2. The lowest BCUT2D eigenvalue weighted by molar-refractivity contribution is 0.702. The molecule has 0 unspecified atom stereocenters. The van der Waals surface area contributed by atoms with Gasteiger partial charge in [-0.1, -0.05) is 6.07 Å². The number of nitrogens with zero attached hydrogens (tertiary/aromatic N) is 6. The molecule has 0 bridgehead atoms. The Balaban J connectivity index is 1.72. The van der Waals surface area contributed by atoms with Crippen LogP contribution in [0.1, 0.15) is 5.56 Å². The van der Waals surface area contributed by atoms with Crippen LogP contribution in [-0.2, 0) is 0 Å². The molecule has 8 heteroatoms. The van der Waals surface area contributed by atoms with E-state index in [9.17, 15) is 0 Å². The third-order valence-corrected chi connectivity index (χ3v) is 3.68. The van der Waals surface area contributed by atoms with Crippen LogP contribution in [0.5, 0.6) is 0 Å². The van der Waals surface area contributed by atoms with Crippen molar-refractivity contribution in [2.24, 2.45) is 0 Å². The summed E-state index contributed by atoms with van der Waals surface area (Å²) in [5.74, 6) is 0. The minimum absolute atomic E-state index is 0.620. The Morgan fingerprint density at radius 1 is 1.20 bits per heavy atom. The monoisotopic (exact) mass is 283 g/mol. The molecule has 3 heterocycles. The molecule has 0 atom stereocenters. The van der Waals surface area contributed by atoms with Crippen LogP contribution in [0, 0.1) is 6.92 Å². The van der Waals surface area contributed by atoms with Gasteiger partial charge in [-0.3, -0.25) is 0 Å². The van der Waals surface area contributed by atoms with Gasteiger partial charge in [0.05, 0.1) is 11.0 Å². The van der Waals surface area contributed by atoms with Crippen LogP contribution in [0.4, 0.5) is 0 Å². The standard InChI is InChI=1S/C12H9N7S/c1-7-2-3-8-9(6-7)14-12(13-8)20-11-5-4-10-15-17-18-19(10)16-11/h2-6H,1H3,(H,13,14). The van der Waals surface area contributed by atoms with Crippen molar-refractivity contribution in [3.8, 4) is 0 Å². The highest BCUT2D eigenvalue weighted by Crippen LogP contribution is 2.25. The number of H-pyrrole nitrogens is 1. The van der Waals surface area contributed by atoms with Gasteiger partial charge in [0.2, 0.25) is 0 Å². The van der Waals surface area contributed by atoms with E-state index < -0.39 is 0 Å². The van der Waals surface area contributed by atoms with Crippen molar-refractivity contribution in [1.29, 1.82) is 0 Å². The molecule has 0 amide bonds. The van der Waals surface area contributed by atoms with Crippen molar-refractivity contribution in [3.05, 3.63) is 35.9 Å². The van der Waals surface area contributed by atoms with Gasteiger partial charge in [-0.2, -0.15) is 0 Å². The molecular weight excluding hydrogens is 274 g/mol. The molecule has 20 heavy (non-hydrogen) atoms. The number of benzene rings is 1. The summed E-state index contributed by atoms with van der Waals surface area (Å²) in [4.78, 5) is 7.80. The van der Waals surface area contributed by atoms with Crippen LogP contribution >= 0.6 is 11.8 Å². The van der Waals surface area contributed by atoms with E-state index in [-0.39, 0.29) is 0 Å². The minimum atomic E-state index is 0.620. The molecule has 0 aliphatic heterocycles. The van der Waals surface area contributed by atoms with Gasteiger partial charge in [-0.05, 0) is 58.9 Å². The summed E-state index contributed by atoms with van der Waals surface area (Å²) in [6.07, 6.45) is 0. The molecule has 0 radical (unpaired) electrons. The quantitative estimate of drug-likeness (QED) is 0.604. The number of nitrogens with one attached hydrogen (secondary N) is 1. The van der Waals surface area contributed by atoms with Crippen molar-refractivity contribution in [2.45, 2.75) is 17.1 Å². The molecule has 98 valence electrons. The van der Waals surface area contributed by atoms with E-state index >= 15 is 0 Å². The molecular formula is C12H9N7S. The highest BCUT2D eigenvalue weighted by molar-refractivity contribution is 7.99. The van der Waals surface area contributed by atoms with Crippen LogP contribution in [0.25, 0.3) is 16.7 Å². The van der Waals surface area contributed by atoms with Gasteiger partial charge in [-0.15, -0.1) is 14.8 Å². The van der Waals surface area contributed by atoms with Crippen molar-refractivity contribution >= 4 is 28.4 Å². The highest BCUT2D eigenvalue weighted by atomic mass is 32.2. The fourth-order valence-corrected chi connectivity index (χ4v) is 2.69. The van der Waals surface area contributed by atoms with Crippen LogP contribution in [0.15, 0.2) is 40.5 Å². The van der Waals surface area contributed by atoms with Crippen LogP contribution in [0.3, 0.4) is 0 Å². The maximum Gasteiger partial charge on any atom is 0.200 e. The second-order valence-corrected chi connectivity index (χ2v) is 5.37. The number of rotatable bonds is 2. The Morgan fingerprint density at radius 2 is 2.15 bits per heavy atom. The van der Waals surface area contributed by atoms with Crippen molar-refractivity contribution in [2.75, 3.05) is 0 Å². The first kappa shape index (κ1) is 11.4. The van der Waals surface area contributed by atoms with E-state index in [0.717, 1.165) is 21.2 Å². The first-order chi connectivity index (χ1) is 9.78. The Morgan fingerprint density at radius 3 is 3.10 bits per heavy atom. The van der Waals surface area contributed by atoms with E-state index in [0.29, 0.717) is 5.65 Å². The molecule has 7 nitrogen and oxygen atoms in total. The van der Waals surface area contributed by atoms with Gasteiger partial charge in [0, 0.05) is 0 Å². The second-order valence-electron chi connectivity index (χ2n) is 4.36. The smallest absolute Gasteiger partial charge is 0.200 e. The summed E-state index contributed by atoms with van der Waals surface area (Å²) in [7, 11) is 0. The molecule has 3 aromatic heterocycles. The first-order valence-corrected chi connectivity index (χ1v) is 6.79. The van der Waals surface area contributed by atoms with Gasteiger partial charge in [0.1, 0.15) is 5.03 Å². The number of imidazole rings is 1. The van der Waals surface area contributed by atoms with E-state index in [2.05, 4.69) is 43.6 Å². The largest absolute Gasteiger partial charge is 0.333 e. The zero-order valence-corrected chi connectivity index (χ0v) is 11.3. The summed E-state index contributed by atoms with van der Waals surface area (Å²) >= 11 is 1.44. The molecule has 0 aliphatic rings. The second kappa shape index (κ2) is 4.27. The number of tetrazole rings is 1. The number of aryl methyl sites for hydroxylation is 1. The average molecular weight is 283 g/mol. The molecule has 1 aromatic carbocycles. The predicted molar refractivity (Wildman–Crippen MR) is 73.5 cm³/mol. The van der Waals surface area contributed by atoms with Gasteiger partial charge < -0.3 is 4.98 Å². The fraction of sp³-hybridized carbons (Fsp3) is 0.0833. The summed E-state index contributed by atoms with van der Waals surface area (Å²) < 4.78 is 1.40. The number of aromatic nitrogens is 7. The first-order valence-electron chi connectivity index (χ1n) is 5.97. The Kier molecular flexibility index (Phi) is 2.43. The van der Waals surface area contributed by atoms with E-state index in [1.807, 2.05) is 24.3 Å². The molecule has 1 N–H and O–H groups in total. The van der Waals surface area contributed by atoms with Crippen molar-refractivity contribution < 1.29 is 0 Å². The van der Waals surface area contributed by atoms with Gasteiger partial charge in [0.15, 0.2) is 10.8 Å². The van der Waals surface area contributed by atoms with Crippen molar-refractivity contribution in [3.63, 3.8) is 0 Å². The number of hydrogen-bond donors (Lipinski definition) is 1. The lowest BCUT2D eigenvalue weighted by Gasteiger charge is -1.95. The molecule has 0 fully saturated rings. The Bertz CT molecular complexity index is 910. The summed E-state index contributed by atoms with van der Waals surface area (Å²) in [5, 5.41) is 17.0. The van der Waals surface area contributed by atoms with Crippen molar-refractivity contribution in [1.82, 2.24) is 35.2 Å². The maximum atomic E-state index is 4.52. The molecule has 4 aromatic rings. The molecule has 0 spiro atoms. The third-order valence-electron chi connectivity index (χ3n) is 2.86. The van der Waals surface area contributed by atoms with Crippen LogP contribution in [0.2, 0.25) is 0 Å². The fourth-order valence-electron chi connectivity index (χ4n) is 1.94. The zero-order valence-electron chi connectivity index (χ0n) is 10.5. The number of aromatic amines is 1. The summed E-state index contributed by atoms with van der Waals surface area (Å²) in [5.41, 5.74) is 3.79. The van der Waals surface area contributed by atoms with Gasteiger partial charge in [0.25, 0.3) is 0 Å². The zero-order chi connectivity index (χ0) is 13.5. The van der Waals surface area contributed by atoms with E-state index in [1.54, 1.807) is 0 Å². The number of hydrogen-bond acceptors (Lipinski definition) is 6. The highest BCUT2D eigenvalue weighted by Gasteiger charge is 2.07. The maximum absolute atomic E-state index is 4.52. The minimum Gasteiger partial charge on any atom is -0.333 e. The third kappa shape index (κ3) is 1.90. The summed E-state index contributed by atoms with van der Waals surface area (Å²) in [6, 6.07) is 9.81. The Labute approximate surface area is 117 Å². The average Bonchev–Trinajstić information content (AvgIpc) is 3.03. The van der Waals surface area contributed by atoms with E-state index in [1.165, 1.54) is 22.0 Å².